The Kier molecular flexibility index (Phi) is 4.10. The Bertz CT molecular complexity index is 564. The van der Waals surface area contributed by atoms with Gasteiger partial charge in [-0.25, -0.2) is 8.78 Å². The number of halogens is 5. The molecule has 0 radical (unpaired) electrons. The van der Waals surface area contributed by atoms with E-state index >= 15 is 0 Å². The Morgan fingerprint density at radius 1 is 0.889 bits per heavy atom. The Balaban J connectivity index is 2.44. The van der Waals surface area contributed by atoms with Crippen molar-refractivity contribution in [3.8, 4) is 0 Å². The summed E-state index contributed by atoms with van der Waals surface area (Å²) >= 11 is 17.9. The molecular weight excluding hydrogens is 300 g/mol. The molecule has 1 unspecified atom stereocenters. The first-order chi connectivity index (χ1) is 8.47. The standard InChI is InChI=1S/C13H7Cl3F2/c14-8-1-2-11(12(15)5-8)13(16)7-3-9(17)6-10(18)4-7/h1-6,13H. The molecule has 94 valence electrons. The summed E-state index contributed by atoms with van der Waals surface area (Å²) < 4.78 is 26.2. The highest BCUT2D eigenvalue weighted by Gasteiger charge is 2.16. The van der Waals surface area contributed by atoms with Crippen molar-refractivity contribution in [2.45, 2.75) is 5.38 Å². The monoisotopic (exact) mass is 306 g/mol. The molecule has 2 aromatic carbocycles. The minimum absolute atomic E-state index is 0.304. The van der Waals surface area contributed by atoms with E-state index < -0.39 is 17.0 Å². The topological polar surface area (TPSA) is 0 Å². The third kappa shape index (κ3) is 2.94. The van der Waals surface area contributed by atoms with Gasteiger partial charge in [-0.1, -0.05) is 29.3 Å². The van der Waals surface area contributed by atoms with E-state index in [2.05, 4.69) is 0 Å². The van der Waals surface area contributed by atoms with Gasteiger partial charge in [0.05, 0.1) is 5.38 Å². The van der Waals surface area contributed by atoms with E-state index in [1.165, 1.54) is 18.2 Å². The lowest BCUT2D eigenvalue weighted by Gasteiger charge is -2.12. The molecule has 0 bridgehead atoms. The number of benzene rings is 2. The number of hydrogen-bond donors (Lipinski definition) is 0. The summed E-state index contributed by atoms with van der Waals surface area (Å²) in [6.07, 6.45) is 0. The van der Waals surface area contributed by atoms with Crippen molar-refractivity contribution in [2.24, 2.45) is 0 Å². The fourth-order valence-corrected chi connectivity index (χ4v) is 2.50. The predicted octanol–water partition coefficient (Wildman–Crippen LogP) is 5.60. The first-order valence-electron chi connectivity index (χ1n) is 5.02. The van der Waals surface area contributed by atoms with E-state index in [1.54, 1.807) is 12.1 Å². The average molecular weight is 308 g/mol. The normalized spacial score (nSPS) is 12.5. The van der Waals surface area contributed by atoms with Crippen molar-refractivity contribution < 1.29 is 8.78 Å². The highest BCUT2D eigenvalue weighted by Crippen LogP contribution is 2.35. The first kappa shape index (κ1) is 13.6. The molecule has 0 N–H and O–H groups in total. The molecule has 0 spiro atoms. The minimum atomic E-state index is -0.736. The van der Waals surface area contributed by atoms with Crippen LogP contribution < -0.4 is 0 Å². The third-order valence-electron chi connectivity index (χ3n) is 2.41. The van der Waals surface area contributed by atoms with Gasteiger partial charge in [0.15, 0.2) is 0 Å². The molecule has 0 fully saturated rings. The van der Waals surface area contributed by atoms with Crippen LogP contribution in [-0.4, -0.2) is 0 Å². The van der Waals surface area contributed by atoms with Crippen molar-refractivity contribution >= 4 is 34.8 Å². The van der Waals surface area contributed by atoms with E-state index in [1.807, 2.05) is 0 Å². The molecule has 0 aliphatic heterocycles. The summed E-state index contributed by atoms with van der Waals surface area (Å²) in [5, 5.41) is 0.0881. The van der Waals surface area contributed by atoms with Crippen LogP contribution in [-0.2, 0) is 0 Å². The lowest BCUT2D eigenvalue weighted by molar-refractivity contribution is 0.580. The largest absolute Gasteiger partial charge is 0.207 e. The number of alkyl halides is 1. The molecule has 2 aromatic rings. The van der Waals surface area contributed by atoms with Crippen LogP contribution in [0.4, 0.5) is 8.78 Å². The third-order valence-corrected chi connectivity index (χ3v) is 3.46. The van der Waals surface area contributed by atoms with Crippen molar-refractivity contribution in [1.29, 1.82) is 0 Å². The van der Waals surface area contributed by atoms with Crippen LogP contribution in [0.5, 0.6) is 0 Å². The summed E-state index contributed by atoms with van der Waals surface area (Å²) in [4.78, 5) is 0. The van der Waals surface area contributed by atoms with Gasteiger partial charge in [0.25, 0.3) is 0 Å². The second-order valence-corrected chi connectivity index (χ2v) is 5.01. The summed E-state index contributed by atoms with van der Waals surface area (Å²) in [6, 6.07) is 7.91. The highest BCUT2D eigenvalue weighted by atomic mass is 35.5. The molecule has 2 rings (SSSR count). The lowest BCUT2D eigenvalue weighted by atomic mass is 10.0. The highest BCUT2D eigenvalue weighted by molar-refractivity contribution is 6.36. The van der Waals surface area contributed by atoms with Crippen LogP contribution >= 0.6 is 34.8 Å². The molecule has 0 aliphatic rings. The van der Waals surface area contributed by atoms with Gasteiger partial charge in [0.1, 0.15) is 11.6 Å². The molecular formula is C13H7Cl3F2. The molecule has 18 heavy (non-hydrogen) atoms. The van der Waals surface area contributed by atoms with Crippen molar-refractivity contribution in [3.63, 3.8) is 0 Å². The average Bonchev–Trinajstić information content (AvgIpc) is 2.26. The number of rotatable bonds is 2. The second-order valence-electron chi connectivity index (χ2n) is 3.73. The summed E-state index contributed by atoms with van der Waals surface area (Å²) in [7, 11) is 0. The summed E-state index contributed by atoms with van der Waals surface area (Å²) in [5.41, 5.74) is 0.853. The van der Waals surface area contributed by atoms with Crippen molar-refractivity contribution in [1.82, 2.24) is 0 Å². The Labute approximate surface area is 118 Å². The van der Waals surface area contributed by atoms with Gasteiger partial charge in [-0.15, -0.1) is 11.6 Å². The van der Waals surface area contributed by atoms with Gasteiger partial charge in [-0.3, -0.25) is 0 Å². The van der Waals surface area contributed by atoms with Crippen LogP contribution in [0.15, 0.2) is 36.4 Å². The Morgan fingerprint density at radius 3 is 2.06 bits per heavy atom. The smallest absolute Gasteiger partial charge is 0.126 e. The minimum Gasteiger partial charge on any atom is -0.207 e. The predicted molar refractivity (Wildman–Crippen MR) is 70.5 cm³/mol. The van der Waals surface area contributed by atoms with Gasteiger partial charge in [0.2, 0.25) is 0 Å². The van der Waals surface area contributed by atoms with Gasteiger partial charge in [-0.05, 0) is 35.4 Å². The van der Waals surface area contributed by atoms with E-state index in [9.17, 15) is 8.78 Å². The fourth-order valence-electron chi connectivity index (χ4n) is 1.61. The molecule has 1 atom stereocenters. The Hall–Kier alpha value is -0.830. The van der Waals surface area contributed by atoms with Crippen LogP contribution in [0.1, 0.15) is 16.5 Å². The maximum Gasteiger partial charge on any atom is 0.126 e. The van der Waals surface area contributed by atoms with E-state index in [0.717, 1.165) is 6.07 Å². The van der Waals surface area contributed by atoms with Gasteiger partial charge in [0, 0.05) is 16.1 Å². The zero-order valence-electron chi connectivity index (χ0n) is 8.93. The number of hydrogen-bond acceptors (Lipinski definition) is 0. The van der Waals surface area contributed by atoms with Gasteiger partial charge in [-0.2, -0.15) is 0 Å². The zero-order chi connectivity index (χ0) is 13.3. The van der Waals surface area contributed by atoms with Crippen LogP contribution in [0.3, 0.4) is 0 Å². The summed E-state index contributed by atoms with van der Waals surface area (Å²) in [5.74, 6) is -1.36. The Morgan fingerprint density at radius 2 is 1.50 bits per heavy atom. The molecule has 0 heterocycles. The van der Waals surface area contributed by atoms with Crippen molar-refractivity contribution in [2.75, 3.05) is 0 Å². The SMILES string of the molecule is Fc1cc(F)cc(C(Cl)c2ccc(Cl)cc2Cl)c1. The van der Waals surface area contributed by atoms with E-state index in [0.29, 0.717) is 21.2 Å². The zero-order valence-corrected chi connectivity index (χ0v) is 11.2. The molecule has 0 amide bonds. The molecule has 0 aromatic heterocycles. The van der Waals surface area contributed by atoms with Crippen molar-refractivity contribution in [3.05, 3.63) is 69.2 Å². The maximum atomic E-state index is 13.1. The molecule has 0 saturated heterocycles. The van der Waals surface area contributed by atoms with Crippen LogP contribution in [0.2, 0.25) is 10.0 Å². The lowest BCUT2D eigenvalue weighted by Crippen LogP contribution is -1.96. The summed E-state index contributed by atoms with van der Waals surface area (Å²) in [6.45, 7) is 0. The van der Waals surface area contributed by atoms with Crippen LogP contribution in [0, 0.1) is 11.6 Å². The molecule has 0 saturated carbocycles. The second kappa shape index (κ2) is 5.43. The van der Waals surface area contributed by atoms with E-state index in [-0.39, 0.29) is 0 Å². The quantitative estimate of drug-likeness (QED) is 0.633. The van der Waals surface area contributed by atoms with Gasteiger partial charge < -0.3 is 0 Å². The molecule has 5 heteroatoms. The first-order valence-corrected chi connectivity index (χ1v) is 6.21. The molecule has 0 nitrogen and oxygen atoms in total. The van der Waals surface area contributed by atoms with E-state index in [4.69, 9.17) is 34.8 Å². The van der Waals surface area contributed by atoms with Crippen LogP contribution in [0.25, 0.3) is 0 Å². The maximum absolute atomic E-state index is 13.1. The molecule has 0 aliphatic carbocycles. The fraction of sp³-hybridized carbons (Fsp3) is 0.0769. The van der Waals surface area contributed by atoms with Gasteiger partial charge >= 0.3 is 0 Å².